The summed E-state index contributed by atoms with van der Waals surface area (Å²) in [6, 6.07) is 0. The number of rotatable bonds is 3. The molecule has 0 bridgehead atoms. The van der Waals surface area contributed by atoms with Crippen molar-refractivity contribution in [2.24, 2.45) is 18.0 Å². The molecule has 1 saturated heterocycles. The van der Waals surface area contributed by atoms with Gasteiger partial charge in [0.2, 0.25) is 0 Å². The zero-order valence-electron chi connectivity index (χ0n) is 12.3. The van der Waals surface area contributed by atoms with E-state index in [4.69, 9.17) is 4.99 Å². The molecule has 0 radical (unpaired) electrons. The fourth-order valence-corrected chi connectivity index (χ4v) is 4.50. The van der Waals surface area contributed by atoms with Crippen molar-refractivity contribution in [1.82, 2.24) is 20.1 Å². The molecule has 2 fully saturated rings. The van der Waals surface area contributed by atoms with Crippen LogP contribution in [0, 0.1) is 5.92 Å². The summed E-state index contributed by atoms with van der Waals surface area (Å²) in [5.41, 5.74) is 0.325. The smallest absolute Gasteiger partial charge is 0.157 e. The number of nitrogens with one attached hydrogen (secondary N) is 1. The highest BCUT2D eigenvalue weighted by molar-refractivity contribution is 8.14. The predicted molar refractivity (Wildman–Crippen MR) is 83.0 cm³/mol. The van der Waals surface area contributed by atoms with Crippen molar-refractivity contribution >= 4 is 16.9 Å². The van der Waals surface area contributed by atoms with Crippen molar-refractivity contribution in [3.05, 3.63) is 12.2 Å². The van der Waals surface area contributed by atoms with E-state index in [0.717, 1.165) is 29.9 Å². The summed E-state index contributed by atoms with van der Waals surface area (Å²) >= 11 is 1.89. The van der Waals surface area contributed by atoms with E-state index in [1.165, 1.54) is 31.4 Å². The van der Waals surface area contributed by atoms with Gasteiger partial charge in [-0.15, -0.1) is 10.2 Å². The van der Waals surface area contributed by atoms with Crippen LogP contribution in [0.4, 0.5) is 0 Å². The molecule has 5 nitrogen and oxygen atoms in total. The minimum Gasteiger partial charge on any atom is -0.359 e. The Kier molecular flexibility index (Phi) is 4.01. The molecule has 2 atom stereocenters. The van der Waals surface area contributed by atoms with Gasteiger partial charge in [-0.2, -0.15) is 0 Å². The third-order valence-electron chi connectivity index (χ3n) is 4.34. The number of amidine groups is 1. The first kappa shape index (κ1) is 13.9. The van der Waals surface area contributed by atoms with Crippen LogP contribution in [0.5, 0.6) is 0 Å². The average Bonchev–Trinajstić information content (AvgIpc) is 2.98. The Morgan fingerprint density at radius 1 is 1.60 bits per heavy atom. The maximum Gasteiger partial charge on any atom is 0.157 e. The molecule has 3 rings (SSSR count). The molecule has 2 aliphatic rings. The molecule has 2 unspecified atom stereocenters. The molecule has 1 N–H and O–H groups in total. The summed E-state index contributed by atoms with van der Waals surface area (Å²) in [4.78, 5) is 4.70. The number of thioether (sulfide) groups is 1. The van der Waals surface area contributed by atoms with E-state index in [2.05, 4.69) is 22.4 Å². The Labute approximate surface area is 124 Å². The third kappa shape index (κ3) is 3.00. The van der Waals surface area contributed by atoms with E-state index >= 15 is 0 Å². The zero-order chi connectivity index (χ0) is 14.0. The molecule has 110 valence electrons. The van der Waals surface area contributed by atoms with Crippen molar-refractivity contribution in [2.45, 2.75) is 44.6 Å². The van der Waals surface area contributed by atoms with Crippen LogP contribution in [0.1, 0.15) is 38.4 Å². The van der Waals surface area contributed by atoms with E-state index in [-0.39, 0.29) is 0 Å². The summed E-state index contributed by atoms with van der Waals surface area (Å²) in [5.74, 6) is 3.02. The van der Waals surface area contributed by atoms with Gasteiger partial charge in [-0.05, 0) is 18.8 Å². The van der Waals surface area contributed by atoms with Crippen molar-refractivity contribution in [3.63, 3.8) is 0 Å². The molecule has 2 heterocycles. The number of aliphatic imine (C=N–C) groups is 1. The van der Waals surface area contributed by atoms with Gasteiger partial charge in [-0.25, -0.2) is 0 Å². The maximum absolute atomic E-state index is 4.70. The lowest BCUT2D eigenvalue weighted by Crippen LogP contribution is -2.47. The van der Waals surface area contributed by atoms with Gasteiger partial charge < -0.3 is 9.88 Å². The van der Waals surface area contributed by atoms with Gasteiger partial charge in [0, 0.05) is 31.3 Å². The topological polar surface area (TPSA) is 55.1 Å². The van der Waals surface area contributed by atoms with Crippen LogP contribution in [0.15, 0.2) is 11.3 Å². The first-order valence-corrected chi connectivity index (χ1v) is 8.44. The van der Waals surface area contributed by atoms with E-state index in [9.17, 15) is 0 Å². The standard InChI is InChI=1S/C14H23N5S/c1-11-4-3-6-14(8-11)9-20-13(17-14)15-7-5-12-18-16-10-19(12)2/h10-11H,3-9H2,1-2H3,(H,15,17). The van der Waals surface area contributed by atoms with Gasteiger partial charge >= 0.3 is 0 Å². The molecular formula is C14H23N5S. The second kappa shape index (κ2) is 5.76. The highest BCUT2D eigenvalue weighted by atomic mass is 32.2. The first-order valence-electron chi connectivity index (χ1n) is 7.45. The van der Waals surface area contributed by atoms with E-state index in [0.29, 0.717) is 5.54 Å². The Morgan fingerprint density at radius 2 is 2.50 bits per heavy atom. The largest absolute Gasteiger partial charge is 0.359 e. The van der Waals surface area contributed by atoms with Crippen LogP contribution in [-0.2, 0) is 13.5 Å². The SMILES string of the molecule is CC1CCCC2(CSC(=NCCc3nncn3C)N2)C1. The minimum atomic E-state index is 0.325. The second-order valence-electron chi connectivity index (χ2n) is 6.19. The highest BCUT2D eigenvalue weighted by Crippen LogP contribution is 2.38. The summed E-state index contributed by atoms with van der Waals surface area (Å²) in [6.45, 7) is 3.16. The Morgan fingerprint density at radius 3 is 3.25 bits per heavy atom. The zero-order valence-corrected chi connectivity index (χ0v) is 13.1. The van der Waals surface area contributed by atoms with Crippen molar-refractivity contribution in [3.8, 4) is 0 Å². The van der Waals surface area contributed by atoms with Gasteiger partial charge in [0.15, 0.2) is 5.17 Å². The second-order valence-corrected chi connectivity index (χ2v) is 7.15. The summed E-state index contributed by atoms with van der Waals surface area (Å²) in [7, 11) is 1.98. The maximum atomic E-state index is 4.70. The monoisotopic (exact) mass is 293 g/mol. The van der Waals surface area contributed by atoms with E-state index in [1.807, 2.05) is 23.4 Å². The average molecular weight is 293 g/mol. The minimum absolute atomic E-state index is 0.325. The van der Waals surface area contributed by atoms with Crippen LogP contribution in [0.2, 0.25) is 0 Å². The third-order valence-corrected chi connectivity index (χ3v) is 5.55. The molecule has 1 spiro atoms. The van der Waals surface area contributed by atoms with Crippen molar-refractivity contribution < 1.29 is 0 Å². The molecule has 6 heteroatoms. The van der Waals surface area contributed by atoms with Crippen LogP contribution < -0.4 is 5.32 Å². The van der Waals surface area contributed by atoms with Gasteiger partial charge in [-0.1, -0.05) is 31.5 Å². The van der Waals surface area contributed by atoms with Crippen molar-refractivity contribution in [2.75, 3.05) is 12.3 Å². The van der Waals surface area contributed by atoms with Gasteiger partial charge in [-0.3, -0.25) is 4.99 Å². The molecule has 0 aromatic carbocycles. The lowest BCUT2D eigenvalue weighted by atomic mass is 9.78. The molecular weight excluding hydrogens is 270 g/mol. The Bertz CT molecular complexity index is 498. The van der Waals surface area contributed by atoms with Gasteiger partial charge in [0.25, 0.3) is 0 Å². The van der Waals surface area contributed by atoms with Gasteiger partial charge in [0.05, 0.1) is 0 Å². The van der Waals surface area contributed by atoms with Gasteiger partial charge in [0.1, 0.15) is 12.2 Å². The number of hydrogen-bond acceptors (Lipinski definition) is 4. The number of hydrogen-bond donors (Lipinski definition) is 1. The number of aryl methyl sites for hydroxylation is 1. The Balaban J connectivity index is 1.54. The predicted octanol–water partition coefficient (Wildman–Crippen LogP) is 2.00. The van der Waals surface area contributed by atoms with Crippen LogP contribution >= 0.6 is 11.8 Å². The van der Waals surface area contributed by atoms with Crippen LogP contribution in [0.3, 0.4) is 0 Å². The Hall–Kier alpha value is -1.04. The summed E-state index contributed by atoms with van der Waals surface area (Å²) in [5, 5.41) is 12.8. The molecule has 1 aliphatic heterocycles. The summed E-state index contributed by atoms with van der Waals surface area (Å²) < 4.78 is 1.96. The normalized spacial score (nSPS) is 31.9. The molecule has 1 aliphatic carbocycles. The molecule has 1 aromatic rings. The number of nitrogens with zero attached hydrogens (tertiary/aromatic N) is 4. The first-order chi connectivity index (χ1) is 9.67. The highest BCUT2D eigenvalue weighted by Gasteiger charge is 2.40. The fourth-order valence-electron chi connectivity index (χ4n) is 3.29. The van der Waals surface area contributed by atoms with Crippen LogP contribution in [0.25, 0.3) is 0 Å². The lowest BCUT2D eigenvalue weighted by molar-refractivity contribution is 0.242. The molecule has 1 saturated carbocycles. The van der Waals surface area contributed by atoms with E-state index < -0.39 is 0 Å². The molecule has 0 amide bonds. The van der Waals surface area contributed by atoms with Crippen LogP contribution in [-0.4, -0.2) is 37.8 Å². The fraction of sp³-hybridized carbons (Fsp3) is 0.786. The quantitative estimate of drug-likeness (QED) is 0.926. The summed E-state index contributed by atoms with van der Waals surface area (Å²) in [6.07, 6.45) is 7.91. The van der Waals surface area contributed by atoms with Crippen molar-refractivity contribution in [1.29, 1.82) is 0 Å². The number of aromatic nitrogens is 3. The van der Waals surface area contributed by atoms with E-state index in [1.54, 1.807) is 6.33 Å². The molecule has 20 heavy (non-hydrogen) atoms. The molecule has 1 aromatic heterocycles. The lowest BCUT2D eigenvalue weighted by Gasteiger charge is -2.36.